The Morgan fingerprint density at radius 2 is 2.28 bits per heavy atom. The van der Waals surface area contributed by atoms with Gasteiger partial charge in [0.2, 0.25) is 0 Å². The van der Waals surface area contributed by atoms with E-state index < -0.39 is 12.1 Å². The Hall–Kier alpha value is -2.11. The summed E-state index contributed by atoms with van der Waals surface area (Å²) in [5, 5.41) is 10.8. The molecule has 18 heavy (non-hydrogen) atoms. The number of aromatic nitrogens is 1. The molecule has 1 aromatic heterocycles. The van der Waals surface area contributed by atoms with Crippen molar-refractivity contribution in [3.63, 3.8) is 0 Å². The molecule has 6 heteroatoms. The minimum atomic E-state index is -1.18. The van der Waals surface area contributed by atoms with Gasteiger partial charge in [-0.05, 0) is 25.5 Å². The SMILES string of the molecule is CCC1c2nc(NC(=O)O)ccc2C(=O)OC1C. The zero-order valence-corrected chi connectivity index (χ0v) is 10.1. The Kier molecular flexibility index (Phi) is 3.18. The maximum Gasteiger partial charge on any atom is 0.410 e. The van der Waals surface area contributed by atoms with Crippen LogP contribution in [0.5, 0.6) is 0 Å². The second-order valence-corrected chi connectivity index (χ2v) is 4.18. The molecule has 0 aromatic carbocycles. The first-order chi connectivity index (χ1) is 8.52. The molecule has 0 radical (unpaired) electrons. The lowest BCUT2D eigenvalue weighted by molar-refractivity contribution is 0.0215. The van der Waals surface area contributed by atoms with Crippen molar-refractivity contribution < 1.29 is 19.4 Å². The molecule has 1 aliphatic heterocycles. The van der Waals surface area contributed by atoms with Crippen molar-refractivity contribution in [3.8, 4) is 0 Å². The number of fused-ring (bicyclic) bond motifs is 1. The van der Waals surface area contributed by atoms with Crippen molar-refractivity contribution in [3.05, 3.63) is 23.4 Å². The summed E-state index contributed by atoms with van der Waals surface area (Å²) in [7, 11) is 0. The Labute approximate surface area is 104 Å². The molecule has 2 unspecified atom stereocenters. The first-order valence-electron chi connectivity index (χ1n) is 5.74. The van der Waals surface area contributed by atoms with Crippen LogP contribution in [0.25, 0.3) is 0 Å². The van der Waals surface area contributed by atoms with E-state index in [0.717, 1.165) is 6.42 Å². The first-order valence-corrected chi connectivity index (χ1v) is 5.74. The molecular formula is C12H14N2O4. The highest BCUT2D eigenvalue weighted by Crippen LogP contribution is 2.33. The van der Waals surface area contributed by atoms with Gasteiger partial charge in [-0.1, -0.05) is 6.92 Å². The van der Waals surface area contributed by atoms with Gasteiger partial charge in [-0.2, -0.15) is 0 Å². The summed E-state index contributed by atoms with van der Waals surface area (Å²) in [6.45, 7) is 3.79. The molecule has 0 fully saturated rings. The van der Waals surface area contributed by atoms with Crippen LogP contribution in [-0.4, -0.2) is 28.3 Å². The van der Waals surface area contributed by atoms with Crippen molar-refractivity contribution in [1.82, 2.24) is 4.98 Å². The number of carbonyl (C=O) groups excluding carboxylic acids is 1. The van der Waals surface area contributed by atoms with Crippen LogP contribution in [0.4, 0.5) is 10.6 Å². The Bertz CT molecular complexity index is 501. The van der Waals surface area contributed by atoms with Gasteiger partial charge in [0, 0.05) is 5.92 Å². The smallest absolute Gasteiger partial charge is 0.410 e. The van der Waals surface area contributed by atoms with Gasteiger partial charge in [0.1, 0.15) is 11.9 Å². The molecule has 0 saturated carbocycles. The average molecular weight is 250 g/mol. The summed E-state index contributed by atoms with van der Waals surface area (Å²) in [6.07, 6.45) is -0.658. The quantitative estimate of drug-likeness (QED) is 0.785. The number of anilines is 1. The van der Waals surface area contributed by atoms with E-state index in [1.165, 1.54) is 6.07 Å². The topological polar surface area (TPSA) is 88.5 Å². The summed E-state index contributed by atoms with van der Waals surface area (Å²) in [6, 6.07) is 3.00. The number of cyclic esters (lactones) is 1. The van der Waals surface area contributed by atoms with Crippen LogP contribution in [0, 0.1) is 0 Å². The molecule has 2 rings (SSSR count). The Morgan fingerprint density at radius 3 is 2.89 bits per heavy atom. The highest BCUT2D eigenvalue weighted by Gasteiger charge is 2.33. The monoisotopic (exact) mass is 250 g/mol. The second-order valence-electron chi connectivity index (χ2n) is 4.18. The van der Waals surface area contributed by atoms with Crippen LogP contribution < -0.4 is 5.32 Å². The average Bonchev–Trinajstić information content (AvgIpc) is 2.28. The number of amides is 1. The van der Waals surface area contributed by atoms with E-state index in [1.54, 1.807) is 6.07 Å². The van der Waals surface area contributed by atoms with Crippen molar-refractivity contribution in [2.24, 2.45) is 0 Å². The third kappa shape index (κ3) is 2.13. The van der Waals surface area contributed by atoms with E-state index in [0.29, 0.717) is 11.3 Å². The predicted molar refractivity (Wildman–Crippen MR) is 63.8 cm³/mol. The van der Waals surface area contributed by atoms with Crippen LogP contribution in [0.2, 0.25) is 0 Å². The van der Waals surface area contributed by atoms with Crippen LogP contribution >= 0.6 is 0 Å². The van der Waals surface area contributed by atoms with Crippen molar-refractivity contribution in [2.45, 2.75) is 32.3 Å². The van der Waals surface area contributed by atoms with Crippen molar-refractivity contribution in [1.29, 1.82) is 0 Å². The number of nitrogens with zero attached hydrogens (tertiary/aromatic N) is 1. The van der Waals surface area contributed by atoms with Crippen LogP contribution in [-0.2, 0) is 4.74 Å². The minimum absolute atomic E-state index is 0.00625. The third-order valence-electron chi connectivity index (χ3n) is 3.03. The maximum atomic E-state index is 11.7. The van der Waals surface area contributed by atoms with Gasteiger partial charge >= 0.3 is 12.1 Å². The molecule has 1 aliphatic rings. The van der Waals surface area contributed by atoms with Crippen molar-refractivity contribution in [2.75, 3.05) is 5.32 Å². The molecule has 2 heterocycles. The van der Waals surface area contributed by atoms with Gasteiger partial charge < -0.3 is 9.84 Å². The zero-order chi connectivity index (χ0) is 13.3. The molecule has 2 N–H and O–H groups in total. The van der Waals surface area contributed by atoms with Gasteiger partial charge in [0.05, 0.1) is 11.3 Å². The molecule has 6 nitrogen and oxygen atoms in total. The molecule has 2 atom stereocenters. The number of carbonyl (C=O) groups is 2. The van der Waals surface area contributed by atoms with E-state index in [2.05, 4.69) is 10.3 Å². The molecule has 0 saturated heterocycles. The van der Waals surface area contributed by atoms with Gasteiger partial charge in [-0.15, -0.1) is 0 Å². The number of nitrogens with one attached hydrogen (secondary N) is 1. The van der Waals surface area contributed by atoms with E-state index in [-0.39, 0.29) is 17.8 Å². The number of carboxylic acid groups (broad SMARTS) is 1. The highest BCUT2D eigenvalue weighted by molar-refractivity contribution is 5.92. The highest BCUT2D eigenvalue weighted by atomic mass is 16.5. The first kappa shape index (κ1) is 12.3. The second kappa shape index (κ2) is 4.64. The van der Waals surface area contributed by atoms with E-state index >= 15 is 0 Å². The summed E-state index contributed by atoms with van der Waals surface area (Å²) >= 11 is 0. The largest absolute Gasteiger partial charge is 0.465 e. The summed E-state index contributed by atoms with van der Waals surface area (Å²) in [5.41, 5.74) is 1.02. The number of ether oxygens (including phenoxy) is 1. The summed E-state index contributed by atoms with van der Waals surface area (Å²) < 4.78 is 5.22. The van der Waals surface area contributed by atoms with E-state index in [1.807, 2.05) is 13.8 Å². The number of esters is 1. The Morgan fingerprint density at radius 1 is 1.56 bits per heavy atom. The standard InChI is InChI=1S/C12H14N2O4/c1-3-7-6(2)18-11(15)8-4-5-9(13-10(7)8)14-12(16)17/h4-7H,3H2,1-2H3,(H,13,14)(H,16,17). The van der Waals surface area contributed by atoms with E-state index in [4.69, 9.17) is 9.84 Å². The molecule has 0 aliphatic carbocycles. The lowest BCUT2D eigenvalue weighted by Gasteiger charge is -2.29. The van der Waals surface area contributed by atoms with Gasteiger partial charge in [0.15, 0.2) is 0 Å². The lowest BCUT2D eigenvalue weighted by Crippen LogP contribution is -2.31. The molecule has 96 valence electrons. The fraction of sp³-hybridized carbons (Fsp3) is 0.417. The van der Waals surface area contributed by atoms with Gasteiger partial charge in [-0.3, -0.25) is 5.32 Å². The molecule has 0 bridgehead atoms. The predicted octanol–water partition coefficient (Wildman–Crippen LogP) is 2.22. The summed E-state index contributed by atoms with van der Waals surface area (Å²) in [5.74, 6) is -0.189. The maximum absolute atomic E-state index is 11.7. The van der Waals surface area contributed by atoms with Crippen LogP contribution in [0.1, 0.15) is 42.2 Å². The number of hydrogen-bond donors (Lipinski definition) is 2. The van der Waals surface area contributed by atoms with Crippen LogP contribution in [0.15, 0.2) is 12.1 Å². The minimum Gasteiger partial charge on any atom is -0.465 e. The molecular weight excluding hydrogens is 236 g/mol. The third-order valence-corrected chi connectivity index (χ3v) is 3.03. The number of rotatable bonds is 2. The Balaban J connectivity index is 2.44. The zero-order valence-electron chi connectivity index (χ0n) is 10.1. The number of hydrogen-bond acceptors (Lipinski definition) is 4. The molecule has 0 spiro atoms. The normalized spacial score (nSPS) is 22.0. The van der Waals surface area contributed by atoms with Gasteiger partial charge in [0.25, 0.3) is 0 Å². The lowest BCUT2D eigenvalue weighted by atomic mass is 9.90. The molecule has 1 aromatic rings. The fourth-order valence-corrected chi connectivity index (χ4v) is 2.17. The van der Waals surface area contributed by atoms with Gasteiger partial charge in [-0.25, -0.2) is 14.6 Å². The summed E-state index contributed by atoms with van der Waals surface area (Å²) in [4.78, 5) is 26.5. The van der Waals surface area contributed by atoms with E-state index in [9.17, 15) is 9.59 Å². The van der Waals surface area contributed by atoms with Crippen LogP contribution in [0.3, 0.4) is 0 Å². The van der Waals surface area contributed by atoms with Crippen molar-refractivity contribution >= 4 is 17.9 Å². The molecule has 1 amide bonds. The number of pyridine rings is 1. The fourth-order valence-electron chi connectivity index (χ4n) is 2.17.